The van der Waals surface area contributed by atoms with Gasteiger partial charge >= 0.3 is 6.03 Å². The molecule has 1 N–H and O–H groups in total. The molecule has 0 aromatic heterocycles. The molecule has 2 saturated heterocycles. The number of nitrogens with one attached hydrogen (secondary N) is 1. The minimum Gasteiger partial charge on any atom is -0.454 e. The normalized spacial score (nSPS) is 23.3. The smallest absolute Gasteiger partial charge is 0.326 e. The van der Waals surface area contributed by atoms with Crippen LogP contribution < -0.4 is 14.8 Å². The van der Waals surface area contributed by atoms with Crippen LogP contribution in [0.2, 0.25) is 0 Å². The Labute approximate surface area is 203 Å². The molecule has 11 heteroatoms. The number of nitrogens with zero attached hydrogens (tertiary/aromatic N) is 3. The first-order valence-electron chi connectivity index (χ1n) is 11.3. The van der Waals surface area contributed by atoms with Crippen molar-refractivity contribution in [2.75, 3.05) is 39.6 Å². The van der Waals surface area contributed by atoms with Crippen LogP contribution in [0.15, 0.2) is 53.9 Å². The summed E-state index contributed by atoms with van der Waals surface area (Å²) < 4.78 is 37.6. The van der Waals surface area contributed by atoms with E-state index < -0.39 is 21.6 Å². The van der Waals surface area contributed by atoms with Gasteiger partial charge in [0.2, 0.25) is 16.8 Å². The predicted molar refractivity (Wildman–Crippen MR) is 128 cm³/mol. The van der Waals surface area contributed by atoms with Gasteiger partial charge in [-0.1, -0.05) is 36.4 Å². The Morgan fingerprint density at radius 2 is 1.71 bits per heavy atom. The van der Waals surface area contributed by atoms with Gasteiger partial charge < -0.3 is 14.8 Å². The molecule has 10 nitrogen and oxygen atoms in total. The third-order valence-electron chi connectivity index (χ3n) is 6.49. The van der Waals surface area contributed by atoms with Crippen molar-refractivity contribution in [3.63, 3.8) is 0 Å². The Bertz CT molecular complexity index is 1270. The molecule has 2 fully saturated rings. The number of carbonyl (C=O) groups excluding carboxylic acids is 2. The number of urea groups is 1. The highest BCUT2D eigenvalue weighted by Gasteiger charge is 2.50. The Hall–Kier alpha value is -3.41. The average molecular weight is 499 g/mol. The Morgan fingerprint density at radius 3 is 2.46 bits per heavy atom. The molecule has 184 valence electrons. The molecule has 0 saturated carbocycles. The first kappa shape index (κ1) is 23.3. The second kappa shape index (κ2) is 8.99. The summed E-state index contributed by atoms with van der Waals surface area (Å²) in [6.45, 7) is 3.19. The van der Waals surface area contributed by atoms with Crippen LogP contribution in [0.5, 0.6) is 11.5 Å². The van der Waals surface area contributed by atoms with Gasteiger partial charge in [-0.05, 0) is 36.3 Å². The number of carbonyl (C=O) groups is 2. The molecule has 2 aromatic carbocycles. The summed E-state index contributed by atoms with van der Waals surface area (Å²) in [6.07, 6.45) is 1.58. The first-order chi connectivity index (χ1) is 16.8. The van der Waals surface area contributed by atoms with Crippen molar-refractivity contribution in [1.29, 1.82) is 0 Å². The van der Waals surface area contributed by atoms with Crippen LogP contribution in [0.3, 0.4) is 0 Å². The summed E-state index contributed by atoms with van der Waals surface area (Å²) in [4.78, 5) is 29.1. The molecular weight excluding hydrogens is 472 g/mol. The topological polar surface area (TPSA) is 108 Å². The molecule has 35 heavy (non-hydrogen) atoms. The number of amides is 3. The minimum atomic E-state index is -3.57. The number of hydrogen-bond donors (Lipinski definition) is 1. The van der Waals surface area contributed by atoms with Gasteiger partial charge in [0.25, 0.3) is 5.91 Å². The second-order valence-electron chi connectivity index (χ2n) is 8.77. The van der Waals surface area contributed by atoms with E-state index in [2.05, 4.69) is 5.32 Å². The Balaban J connectivity index is 1.21. The summed E-state index contributed by atoms with van der Waals surface area (Å²) in [5.41, 5.74) is 0.174. The van der Waals surface area contributed by atoms with E-state index in [0.29, 0.717) is 30.2 Å². The van der Waals surface area contributed by atoms with Gasteiger partial charge in [-0.25, -0.2) is 18.1 Å². The number of fused-ring (bicyclic) bond motifs is 1. The van der Waals surface area contributed by atoms with Crippen LogP contribution in [0.1, 0.15) is 18.1 Å². The van der Waals surface area contributed by atoms with Crippen LogP contribution >= 0.6 is 0 Å². The molecule has 0 unspecified atom stereocenters. The molecule has 1 atom stereocenters. The highest BCUT2D eigenvalue weighted by molar-refractivity contribution is 7.92. The van der Waals surface area contributed by atoms with E-state index in [1.807, 2.05) is 35.2 Å². The molecule has 0 bridgehead atoms. The highest BCUT2D eigenvalue weighted by Crippen LogP contribution is 2.37. The first-order valence-corrected chi connectivity index (χ1v) is 12.8. The molecule has 3 aliphatic heterocycles. The second-order valence-corrected chi connectivity index (χ2v) is 10.6. The lowest BCUT2D eigenvalue weighted by Crippen LogP contribution is -2.52. The summed E-state index contributed by atoms with van der Waals surface area (Å²) in [7, 11) is -3.57. The highest BCUT2D eigenvalue weighted by atomic mass is 32.2. The Morgan fingerprint density at radius 1 is 1.00 bits per heavy atom. The maximum atomic E-state index is 13.3. The van der Waals surface area contributed by atoms with Crippen molar-refractivity contribution >= 4 is 28.0 Å². The van der Waals surface area contributed by atoms with E-state index in [-0.39, 0.29) is 32.5 Å². The van der Waals surface area contributed by atoms with Crippen molar-refractivity contribution in [3.8, 4) is 11.5 Å². The van der Waals surface area contributed by atoms with E-state index in [4.69, 9.17) is 9.47 Å². The zero-order valence-corrected chi connectivity index (χ0v) is 20.0. The zero-order valence-electron chi connectivity index (χ0n) is 19.2. The minimum absolute atomic E-state index is 0.0819. The molecule has 0 aliphatic carbocycles. The van der Waals surface area contributed by atoms with E-state index in [1.54, 1.807) is 31.2 Å². The number of hydrogen-bond acceptors (Lipinski definition) is 7. The lowest BCUT2D eigenvalue weighted by atomic mass is 9.92. The quantitative estimate of drug-likeness (QED) is 0.605. The van der Waals surface area contributed by atoms with Gasteiger partial charge in [-0.3, -0.25) is 9.69 Å². The average Bonchev–Trinajstić information content (AvgIpc) is 3.42. The summed E-state index contributed by atoms with van der Waals surface area (Å²) in [5.74, 6) is 0.752. The van der Waals surface area contributed by atoms with E-state index in [1.165, 1.54) is 14.6 Å². The van der Waals surface area contributed by atoms with Gasteiger partial charge in [-0.2, -0.15) is 4.31 Å². The summed E-state index contributed by atoms with van der Waals surface area (Å²) >= 11 is 0. The third kappa shape index (κ3) is 4.49. The molecule has 0 radical (unpaired) electrons. The lowest BCUT2D eigenvalue weighted by Gasteiger charge is -2.34. The van der Waals surface area contributed by atoms with E-state index in [0.717, 1.165) is 5.56 Å². The fourth-order valence-electron chi connectivity index (χ4n) is 4.37. The molecule has 3 amide bonds. The maximum Gasteiger partial charge on any atom is 0.326 e. The largest absolute Gasteiger partial charge is 0.454 e. The number of piperazine rings is 1. The number of benzene rings is 2. The van der Waals surface area contributed by atoms with Crippen LogP contribution in [0.4, 0.5) is 4.79 Å². The van der Waals surface area contributed by atoms with Crippen LogP contribution in [-0.4, -0.2) is 74.1 Å². The monoisotopic (exact) mass is 498 g/mol. The number of rotatable bonds is 6. The van der Waals surface area contributed by atoms with Crippen LogP contribution in [-0.2, 0) is 20.4 Å². The number of ether oxygens (including phenoxy) is 2. The van der Waals surface area contributed by atoms with Crippen molar-refractivity contribution < 1.29 is 27.5 Å². The maximum absolute atomic E-state index is 13.3. The molecule has 3 aliphatic rings. The standard InChI is InChI=1S/C24H26N4O6S/c1-24(19-7-8-20-21(15-19)34-17-33-20)22(29)28(23(30)25-24)16-26-10-12-27(13-11-26)35(31,32)14-9-18-5-3-2-4-6-18/h2-9,14-15H,10-13,16-17H2,1H3,(H,25,30)/b14-9+/t24-/m1/s1. The van der Waals surface area contributed by atoms with Gasteiger partial charge in [0, 0.05) is 31.6 Å². The molecular formula is C24H26N4O6S. The van der Waals surface area contributed by atoms with Gasteiger partial charge in [0.15, 0.2) is 11.5 Å². The number of imide groups is 1. The van der Waals surface area contributed by atoms with Crippen LogP contribution in [0, 0.1) is 0 Å². The van der Waals surface area contributed by atoms with E-state index >= 15 is 0 Å². The van der Waals surface area contributed by atoms with Gasteiger partial charge in [-0.15, -0.1) is 0 Å². The van der Waals surface area contributed by atoms with Crippen molar-refractivity contribution in [2.45, 2.75) is 12.5 Å². The molecule has 3 heterocycles. The summed E-state index contributed by atoms with van der Waals surface area (Å²) in [5, 5.41) is 4.01. The lowest BCUT2D eigenvalue weighted by molar-refractivity contribution is -0.132. The van der Waals surface area contributed by atoms with Crippen molar-refractivity contribution in [1.82, 2.24) is 19.4 Å². The fourth-order valence-corrected chi connectivity index (χ4v) is 5.54. The van der Waals surface area contributed by atoms with Gasteiger partial charge in [0.05, 0.1) is 6.67 Å². The third-order valence-corrected chi connectivity index (χ3v) is 8.05. The summed E-state index contributed by atoms with van der Waals surface area (Å²) in [6, 6.07) is 13.9. The molecule has 2 aromatic rings. The number of sulfonamides is 1. The Kier molecular flexibility index (Phi) is 5.99. The molecule has 5 rings (SSSR count). The van der Waals surface area contributed by atoms with E-state index in [9.17, 15) is 18.0 Å². The SMILES string of the molecule is C[C@]1(c2ccc3c(c2)OCO3)NC(=O)N(CN2CCN(S(=O)(=O)/C=C/c3ccccc3)CC2)C1=O. The van der Waals surface area contributed by atoms with Gasteiger partial charge in [0.1, 0.15) is 5.54 Å². The van der Waals surface area contributed by atoms with Crippen LogP contribution in [0.25, 0.3) is 6.08 Å². The zero-order chi connectivity index (χ0) is 24.6. The fraction of sp³-hybridized carbons (Fsp3) is 0.333. The predicted octanol–water partition coefficient (Wildman–Crippen LogP) is 1.76. The molecule has 0 spiro atoms. The van der Waals surface area contributed by atoms with Crippen molar-refractivity contribution in [2.24, 2.45) is 0 Å². The van der Waals surface area contributed by atoms with Crippen molar-refractivity contribution in [3.05, 3.63) is 65.1 Å².